The Morgan fingerprint density at radius 2 is 2.05 bits per heavy atom. The van der Waals surface area contributed by atoms with Gasteiger partial charge in [0.05, 0.1) is 0 Å². The zero-order valence-corrected chi connectivity index (χ0v) is 13.0. The van der Waals surface area contributed by atoms with E-state index in [1.807, 2.05) is 11.8 Å². The first-order valence-electron chi connectivity index (χ1n) is 6.56. The molecule has 0 radical (unpaired) electrons. The van der Waals surface area contributed by atoms with E-state index in [2.05, 4.69) is 10.0 Å². The van der Waals surface area contributed by atoms with Crippen LogP contribution in [0.25, 0.3) is 0 Å². The van der Waals surface area contributed by atoms with Crippen molar-refractivity contribution in [3.05, 3.63) is 29.6 Å². The number of nitrogens with one attached hydrogen (secondary N) is 2. The maximum absolute atomic E-state index is 13.8. The van der Waals surface area contributed by atoms with Crippen molar-refractivity contribution >= 4 is 21.8 Å². The van der Waals surface area contributed by atoms with Gasteiger partial charge < -0.3 is 5.32 Å². The van der Waals surface area contributed by atoms with E-state index >= 15 is 0 Å². The minimum absolute atomic E-state index is 0.0893. The lowest BCUT2D eigenvalue weighted by Gasteiger charge is -2.22. The van der Waals surface area contributed by atoms with Crippen LogP contribution in [0.15, 0.2) is 23.1 Å². The second-order valence-corrected chi connectivity index (χ2v) is 7.71. The third kappa shape index (κ3) is 3.94. The molecule has 1 aromatic rings. The van der Waals surface area contributed by atoms with Crippen LogP contribution >= 0.6 is 11.8 Å². The van der Waals surface area contributed by atoms with E-state index in [9.17, 15) is 12.8 Å². The summed E-state index contributed by atoms with van der Waals surface area (Å²) in [4.78, 5) is -0.261. The highest BCUT2D eigenvalue weighted by Gasteiger charge is 2.24. The summed E-state index contributed by atoms with van der Waals surface area (Å²) in [5, 5.41) is 2.92. The summed E-state index contributed by atoms with van der Waals surface area (Å²) in [6.07, 6.45) is 1.59. The summed E-state index contributed by atoms with van der Waals surface area (Å²) < 4.78 is 41.0. The van der Waals surface area contributed by atoms with Crippen LogP contribution in [0.1, 0.15) is 18.4 Å². The molecule has 0 amide bonds. The molecule has 1 saturated heterocycles. The van der Waals surface area contributed by atoms with Gasteiger partial charge >= 0.3 is 0 Å². The van der Waals surface area contributed by atoms with Crippen LogP contribution in [0.2, 0.25) is 0 Å². The SMILES string of the molecule is CNCc1ccc(F)c(S(=O)(=O)NC2CCSCC2)c1. The molecule has 0 aliphatic carbocycles. The molecule has 20 heavy (non-hydrogen) atoms. The summed E-state index contributed by atoms with van der Waals surface area (Å²) in [5.74, 6) is 1.17. The Balaban J connectivity index is 2.21. The molecular weight excluding hydrogens is 299 g/mol. The van der Waals surface area contributed by atoms with Crippen LogP contribution in [0.5, 0.6) is 0 Å². The smallest absolute Gasteiger partial charge is 0.243 e. The summed E-state index contributed by atoms with van der Waals surface area (Å²) >= 11 is 1.82. The molecule has 0 atom stereocenters. The van der Waals surface area contributed by atoms with Crippen molar-refractivity contribution in [3.8, 4) is 0 Å². The zero-order chi connectivity index (χ0) is 14.6. The normalized spacial score (nSPS) is 17.3. The van der Waals surface area contributed by atoms with Crippen LogP contribution in [-0.4, -0.2) is 33.0 Å². The molecule has 1 fully saturated rings. The third-order valence-electron chi connectivity index (χ3n) is 3.21. The van der Waals surface area contributed by atoms with Gasteiger partial charge in [0, 0.05) is 12.6 Å². The number of thioether (sulfide) groups is 1. The molecule has 4 nitrogen and oxygen atoms in total. The Labute approximate surface area is 123 Å². The average Bonchev–Trinajstić information content (AvgIpc) is 2.42. The van der Waals surface area contributed by atoms with Gasteiger partial charge in [-0.3, -0.25) is 0 Å². The predicted octanol–water partition coefficient (Wildman–Crippen LogP) is 1.72. The number of rotatable bonds is 5. The molecule has 0 saturated carbocycles. The van der Waals surface area contributed by atoms with E-state index in [1.165, 1.54) is 12.1 Å². The van der Waals surface area contributed by atoms with Gasteiger partial charge in [0.15, 0.2) is 0 Å². The Morgan fingerprint density at radius 3 is 2.70 bits per heavy atom. The van der Waals surface area contributed by atoms with Crippen LogP contribution in [0.4, 0.5) is 4.39 Å². The van der Waals surface area contributed by atoms with Crippen molar-refractivity contribution in [2.75, 3.05) is 18.6 Å². The highest BCUT2D eigenvalue weighted by molar-refractivity contribution is 7.99. The van der Waals surface area contributed by atoms with Crippen LogP contribution < -0.4 is 10.0 Å². The van der Waals surface area contributed by atoms with E-state index in [1.54, 1.807) is 13.1 Å². The van der Waals surface area contributed by atoms with Gasteiger partial charge in [-0.15, -0.1) is 0 Å². The van der Waals surface area contributed by atoms with Gasteiger partial charge in [-0.1, -0.05) is 6.07 Å². The lowest BCUT2D eigenvalue weighted by Crippen LogP contribution is -2.37. The summed E-state index contributed by atoms with van der Waals surface area (Å²) in [7, 11) is -2.03. The molecule has 1 aliphatic rings. The highest BCUT2D eigenvalue weighted by atomic mass is 32.2. The zero-order valence-electron chi connectivity index (χ0n) is 11.4. The molecule has 0 bridgehead atoms. The van der Waals surface area contributed by atoms with Gasteiger partial charge in [-0.05, 0) is 49.1 Å². The van der Waals surface area contributed by atoms with Gasteiger partial charge in [0.2, 0.25) is 10.0 Å². The summed E-state index contributed by atoms with van der Waals surface area (Å²) in [6, 6.07) is 4.10. The summed E-state index contributed by atoms with van der Waals surface area (Å²) in [6.45, 7) is 0.503. The molecule has 2 rings (SSSR count). The van der Waals surface area contributed by atoms with Crippen LogP contribution in [0, 0.1) is 5.82 Å². The van der Waals surface area contributed by atoms with Crippen molar-refractivity contribution < 1.29 is 12.8 Å². The van der Waals surface area contributed by atoms with E-state index in [0.717, 1.165) is 29.9 Å². The summed E-state index contributed by atoms with van der Waals surface area (Å²) in [5.41, 5.74) is 0.744. The van der Waals surface area contributed by atoms with E-state index in [-0.39, 0.29) is 10.9 Å². The van der Waals surface area contributed by atoms with Crippen LogP contribution in [0.3, 0.4) is 0 Å². The van der Waals surface area contributed by atoms with Crippen molar-refractivity contribution in [2.24, 2.45) is 0 Å². The average molecular weight is 318 g/mol. The molecule has 7 heteroatoms. The molecule has 0 unspecified atom stereocenters. The Bertz CT molecular complexity index is 557. The molecular formula is C13H19FN2O2S2. The maximum Gasteiger partial charge on any atom is 0.243 e. The fraction of sp³-hybridized carbons (Fsp3) is 0.538. The molecule has 112 valence electrons. The standard InChI is InChI=1S/C13H19FN2O2S2/c1-15-9-10-2-3-12(14)13(8-10)20(17,18)16-11-4-6-19-7-5-11/h2-3,8,11,15-16H,4-7,9H2,1H3. The first-order chi connectivity index (χ1) is 9.53. The molecule has 0 aromatic heterocycles. The third-order valence-corrected chi connectivity index (χ3v) is 5.79. The maximum atomic E-state index is 13.8. The largest absolute Gasteiger partial charge is 0.316 e. The number of benzene rings is 1. The van der Waals surface area contributed by atoms with Gasteiger partial charge in [0.1, 0.15) is 10.7 Å². The highest BCUT2D eigenvalue weighted by Crippen LogP contribution is 2.21. The number of sulfonamides is 1. The second-order valence-electron chi connectivity index (χ2n) is 4.80. The quantitative estimate of drug-likeness (QED) is 0.868. The van der Waals surface area contributed by atoms with Crippen molar-refractivity contribution in [3.63, 3.8) is 0 Å². The van der Waals surface area contributed by atoms with Crippen molar-refractivity contribution in [2.45, 2.75) is 30.3 Å². The second kappa shape index (κ2) is 6.89. The van der Waals surface area contributed by atoms with Gasteiger partial charge in [-0.25, -0.2) is 17.5 Å². The minimum atomic E-state index is -3.79. The molecule has 1 aromatic carbocycles. The van der Waals surface area contributed by atoms with Crippen molar-refractivity contribution in [1.82, 2.24) is 10.0 Å². The first kappa shape index (κ1) is 15.8. The number of hydrogen-bond donors (Lipinski definition) is 2. The predicted molar refractivity (Wildman–Crippen MR) is 79.8 cm³/mol. The lowest BCUT2D eigenvalue weighted by molar-refractivity contribution is 0.519. The Morgan fingerprint density at radius 1 is 1.35 bits per heavy atom. The minimum Gasteiger partial charge on any atom is -0.316 e. The van der Waals surface area contributed by atoms with E-state index in [0.29, 0.717) is 6.54 Å². The molecule has 0 spiro atoms. The fourth-order valence-corrected chi connectivity index (χ4v) is 4.71. The van der Waals surface area contributed by atoms with E-state index < -0.39 is 15.8 Å². The van der Waals surface area contributed by atoms with Crippen LogP contribution in [-0.2, 0) is 16.6 Å². The lowest BCUT2D eigenvalue weighted by atomic mass is 10.2. The Kier molecular flexibility index (Phi) is 5.42. The first-order valence-corrected chi connectivity index (χ1v) is 9.20. The van der Waals surface area contributed by atoms with E-state index in [4.69, 9.17) is 0 Å². The topological polar surface area (TPSA) is 58.2 Å². The molecule has 1 aliphatic heterocycles. The van der Waals surface area contributed by atoms with Crippen molar-refractivity contribution in [1.29, 1.82) is 0 Å². The fourth-order valence-electron chi connectivity index (χ4n) is 2.17. The molecule has 1 heterocycles. The monoisotopic (exact) mass is 318 g/mol. The van der Waals surface area contributed by atoms with Gasteiger partial charge in [-0.2, -0.15) is 11.8 Å². The number of halogens is 1. The van der Waals surface area contributed by atoms with Gasteiger partial charge in [0.25, 0.3) is 0 Å². The Hall–Kier alpha value is -0.630. The number of hydrogen-bond acceptors (Lipinski definition) is 4. The molecule has 2 N–H and O–H groups in total.